The van der Waals surface area contributed by atoms with Gasteiger partial charge < -0.3 is 5.48 Å². The molecule has 1 nitrogen and oxygen atoms in total. The Morgan fingerprint density at radius 2 is 0.929 bits per heavy atom. The van der Waals surface area contributed by atoms with Crippen molar-refractivity contribution in [2.24, 2.45) is 11.8 Å². The molecule has 0 aliphatic heterocycles. The highest BCUT2D eigenvalue weighted by molar-refractivity contribution is 4.73. The summed E-state index contributed by atoms with van der Waals surface area (Å²) in [5.41, 5.74) is 0. The molecule has 0 saturated heterocycles. The Hall–Kier alpha value is -0.0400. The third-order valence-corrected chi connectivity index (χ3v) is 4.12. The summed E-state index contributed by atoms with van der Waals surface area (Å²) in [4.78, 5) is 0. The van der Waals surface area contributed by atoms with Crippen LogP contribution in [-0.2, 0) is 0 Å². The smallest absolute Gasteiger partial charge is 0.0412 e. The van der Waals surface area contributed by atoms with Crippen LogP contribution in [0.3, 0.4) is 0 Å². The fourth-order valence-corrected chi connectivity index (χ4v) is 3.32. The topological polar surface area (TPSA) is 31.5 Å². The highest BCUT2D eigenvalue weighted by Gasteiger charge is 2.20. The third kappa shape index (κ3) is 3.61. The highest BCUT2D eigenvalue weighted by Crippen LogP contribution is 2.34. The lowest BCUT2D eigenvalue weighted by Gasteiger charge is -2.28. The first-order valence-electron chi connectivity index (χ1n) is 6.45. The molecule has 0 aromatic rings. The monoisotopic (exact) mass is 198 g/mol. The molecule has 0 radical (unpaired) electrons. The van der Waals surface area contributed by atoms with E-state index in [9.17, 15) is 0 Å². The molecule has 0 atom stereocenters. The van der Waals surface area contributed by atoms with Crippen molar-refractivity contribution in [2.75, 3.05) is 0 Å². The number of rotatable bonds is 2. The Balaban J connectivity index is 0.000000980. The van der Waals surface area contributed by atoms with Gasteiger partial charge in [0.05, 0.1) is 0 Å². The molecule has 2 aliphatic carbocycles. The van der Waals surface area contributed by atoms with Gasteiger partial charge in [0.1, 0.15) is 0 Å². The average Bonchev–Trinajstić information content (AvgIpc) is 2.21. The van der Waals surface area contributed by atoms with Crippen LogP contribution in [0.4, 0.5) is 0 Å². The molecular formula is C13H26O. The maximum atomic E-state index is 1.58. The van der Waals surface area contributed by atoms with Crippen molar-refractivity contribution in [1.29, 1.82) is 0 Å². The van der Waals surface area contributed by atoms with E-state index in [1.54, 1.807) is 32.1 Å². The van der Waals surface area contributed by atoms with E-state index in [0.717, 1.165) is 11.8 Å². The lowest BCUT2D eigenvalue weighted by atomic mass is 9.78. The molecule has 2 rings (SSSR count). The molecule has 14 heavy (non-hydrogen) atoms. The average molecular weight is 198 g/mol. The van der Waals surface area contributed by atoms with Crippen LogP contribution in [0.5, 0.6) is 0 Å². The van der Waals surface area contributed by atoms with Crippen LogP contribution in [0.25, 0.3) is 0 Å². The number of hydrogen-bond donors (Lipinski definition) is 0. The third-order valence-electron chi connectivity index (χ3n) is 4.12. The summed E-state index contributed by atoms with van der Waals surface area (Å²) in [6.45, 7) is 0. The van der Waals surface area contributed by atoms with Crippen molar-refractivity contribution >= 4 is 0 Å². The van der Waals surface area contributed by atoms with Crippen molar-refractivity contribution in [3.05, 3.63) is 0 Å². The first kappa shape index (κ1) is 12.0. The van der Waals surface area contributed by atoms with E-state index in [4.69, 9.17) is 0 Å². The minimum absolute atomic E-state index is 0. The van der Waals surface area contributed by atoms with Gasteiger partial charge in [0.15, 0.2) is 0 Å². The predicted molar refractivity (Wildman–Crippen MR) is 61.4 cm³/mol. The summed E-state index contributed by atoms with van der Waals surface area (Å²) in [7, 11) is 0. The molecule has 84 valence electrons. The van der Waals surface area contributed by atoms with E-state index in [-0.39, 0.29) is 5.48 Å². The van der Waals surface area contributed by atoms with Crippen LogP contribution in [0.2, 0.25) is 0 Å². The Labute approximate surface area is 88.6 Å². The lowest BCUT2D eigenvalue weighted by Crippen LogP contribution is -2.14. The summed E-state index contributed by atoms with van der Waals surface area (Å²) in [6.07, 6.45) is 16.9. The molecule has 2 saturated carbocycles. The van der Waals surface area contributed by atoms with Crippen molar-refractivity contribution < 1.29 is 5.48 Å². The standard InChI is InChI=1S/C13H24.H2O/c1-3-7-12(8-4-1)11-13-9-5-2-6-10-13;/h12-13H,1-11H2;1H2. The van der Waals surface area contributed by atoms with Crippen LogP contribution < -0.4 is 0 Å². The first-order valence-corrected chi connectivity index (χ1v) is 6.45. The van der Waals surface area contributed by atoms with Crippen LogP contribution in [0.15, 0.2) is 0 Å². The van der Waals surface area contributed by atoms with Crippen molar-refractivity contribution in [2.45, 2.75) is 70.6 Å². The first-order chi connectivity index (χ1) is 6.45. The zero-order valence-electron chi connectivity index (χ0n) is 9.43. The summed E-state index contributed by atoms with van der Waals surface area (Å²) < 4.78 is 0. The second-order valence-corrected chi connectivity index (χ2v) is 5.24. The Kier molecular flexibility index (Phi) is 5.54. The van der Waals surface area contributed by atoms with E-state index in [1.165, 1.54) is 38.5 Å². The molecule has 0 aromatic carbocycles. The van der Waals surface area contributed by atoms with Gasteiger partial charge in [0.2, 0.25) is 0 Å². The van der Waals surface area contributed by atoms with Gasteiger partial charge in [-0.15, -0.1) is 0 Å². The molecule has 2 aliphatic rings. The van der Waals surface area contributed by atoms with Gasteiger partial charge in [-0.05, 0) is 18.3 Å². The van der Waals surface area contributed by atoms with Gasteiger partial charge in [-0.1, -0.05) is 64.2 Å². The maximum absolute atomic E-state index is 1.58. The fraction of sp³-hybridized carbons (Fsp3) is 1.00. The molecule has 1 heteroatoms. The summed E-state index contributed by atoms with van der Waals surface area (Å²) >= 11 is 0. The van der Waals surface area contributed by atoms with Crippen molar-refractivity contribution in [1.82, 2.24) is 0 Å². The minimum atomic E-state index is 0. The SMILES string of the molecule is C1CCC(CC2CCCCC2)CC1.O. The minimum Gasteiger partial charge on any atom is -0.412 e. The van der Waals surface area contributed by atoms with Crippen LogP contribution in [0, 0.1) is 11.8 Å². The van der Waals surface area contributed by atoms with Gasteiger partial charge in [0, 0.05) is 0 Å². The molecule has 2 N–H and O–H groups in total. The second kappa shape index (κ2) is 6.44. The summed E-state index contributed by atoms with van der Waals surface area (Å²) in [6, 6.07) is 0. The quantitative estimate of drug-likeness (QED) is 0.648. The highest BCUT2D eigenvalue weighted by atomic mass is 16.0. The fourth-order valence-electron chi connectivity index (χ4n) is 3.32. The summed E-state index contributed by atoms with van der Waals surface area (Å²) in [5.74, 6) is 2.24. The van der Waals surface area contributed by atoms with Crippen molar-refractivity contribution in [3.8, 4) is 0 Å². The van der Waals surface area contributed by atoms with Crippen LogP contribution in [0.1, 0.15) is 70.6 Å². The molecular weight excluding hydrogens is 172 g/mol. The van der Waals surface area contributed by atoms with Gasteiger partial charge >= 0.3 is 0 Å². The summed E-state index contributed by atoms with van der Waals surface area (Å²) in [5, 5.41) is 0. The van der Waals surface area contributed by atoms with Gasteiger partial charge in [-0.2, -0.15) is 0 Å². The molecule has 0 heterocycles. The molecule has 0 spiro atoms. The van der Waals surface area contributed by atoms with Gasteiger partial charge in [-0.3, -0.25) is 0 Å². The predicted octanol–water partition coefficient (Wildman–Crippen LogP) is 3.71. The van der Waals surface area contributed by atoms with Gasteiger partial charge in [-0.25, -0.2) is 0 Å². The normalized spacial score (nSPS) is 25.7. The molecule has 0 bridgehead atoms. The second-order valence-electron chi connectivity index (χ2n) is 5.24. The maximum Gasteiger partial charge on any atom is -0.0412 e. The zero-order chi connectivity index (χ0) is 8.93. The molecule has 0 aromatic heterocycles. The van der Waals surface area contributed by atoms with E-state index in [1.807, 2.05) is 0 Å². The van der Waals surface area contributed by atoms with E-state index < -0.39 is 0 Å². The van der Waals surface area contributed by atoms with E-state index in [2.05, 4.69) is 0 Å². The Bertz CT molecular complexity index is 116. The van der Waals surface area contributed by atoms with Crippen molar-refractivity contribution in [3.63, 3.8) is 0 Å². The van der Waals surface area contributed by atoms with E-state index >= 15 is 0 Å². The Morgan fingerprint density at radius 3 is 1.29 bits per heavy atom. The molecule has 0 amide bonds. The van der Waals surface area contributed by atoms with Gasteiger partial charge in [0.25, 0.3) is 0 Å². The largest absolute Gasteiger partial charge is 0.412 e. The zero-order valence-corrected chi connectivity index (χ0v) is 9.43. The van der Waals surface area contributed by atoms with E-state index in [0.29, 0.717) is 0 Å². The molecule has 2 fully saturated rings. The van der Waals surface area contributed by atoms with Crippen LogP contribution in [-0.4, -0.2) is 5.48 Å². The number of hydrogen-bond acceptors (Lipinski definition) is 0. The van der Waals surface area contributed by atoms with Crippen LogP contribution >= 0.6 is 0 Å². The lowest BCUT2D eigenvalue weighted by molar-refractivity contribution is 0.244. The molecule has 0 unspecified atom stereocenters. The Morgan fingerprint density at radius 1 is 0.571 bits per heavy atom.